The van der Waals surface area contributed by atoms with Gasteiger partial charge in [-0.2, -0.15) is 0 Å². The van der Waals surface area contributed by atoms with Crippen LogP contribution in [0.15, 0.2) is 24.3 Å². The van der Waals surface area contributed by atoms with Crippen LogP contribution in [0.3, 0.4) is 0 Å². The Kier molecular flexibility index (Phi) is 4.97. The Morgan fingerprint density at radius 3 is 2.54 bits per heavy atom. The topological polar surface area (TPSA) is 57.7 Å². The second-order valence-electron chi connectivity index (χ2n) is 6.78. The number of nitrogens with zero attached hydrogens (tertiary/aromatic N) is 2. The lowest BCUT2D eigenvalue weighted by Gasteiger charge is -2.34. The van der Waals surface area contributed by atoms with Gasteiger partial charge in [0, 0.05) is 26.1 Å². The van der Waals surface area contributed by atoms with Gasteiger partial charge in [-0.1, -0.05) is 24.3 Å². The van der Waals surface area contributed by atoms with Gasteiger partial charge in [0.2, 0.25) is 15.9 Å². The van der Waals surface area contributed by atoms with E-state index < -0.39 is 10.0 Å². The third-order valence-electron chi connectivity index (χ3n) is 5.48. The van der Waals surface area contributed by atoms with Crippen LogP contribution in [0.25, 0.3) is 0 Å². The van der Waals surface area contributed by atoms with Crippen LogP contribution >= 0.6 is 0 Å². The van der Waals surface area contributed by atoms with Crippen LogP contribution in [0.2, 0.25) is 0 Å². The molecule has 6 heteroatoms. The summed E-state index contributed by atoms with van der Waals surface area (Å²) in [5.41, 5.74) is 2.60. The fraction of sp³-hybridized carbons (Fsp3) is 0.611. The normalized spacial score (nSPS) is 22.3. The van der Waals surface area contributed by atoms with E-state index in [-0.39, 0.29) is 23.6 Å². The molecular weight excluding hydrogens is 324 g/mol. The molecule has 1 saturated heterocycles. The highest BCUT2D eigenvalue weighted by molar-refractivity contribution is 7.89. The Morgan fingerprint density at radius 2 is 1.88 bits per heavy atom. The number of fused-ring (bicyclic) bond motifs is 1. The van der Waals surface area contributed by atoms with Crippen molar-refractivity contribution in [2.45, 2.75) is 38.6 Å². The van der Waals surface area contributed by atoms with Crippen LogP contribution in [0.1, 0.15) is 43.4 Å². The first-order chi connectivity index (χ1) is 11.4. The molecule has 0 N–H and O–H groups in total. The van der Waals surface area contributed by atoms with E-state index in [0.717, 1.165) is 12.8 Å². The summed E-state index contributed by atoms with van der Waals surface area (Å²) in [5, 5.41) is 0. The van der Waals surface area contributed by atoms with E-state index in [2.05, 4.69) is 12.1 Å². The van der Waals surface area contributed by atoms with Gasteiger partial charge in [-0.3, -0.25) is 4.79 Å². The summed E-state index contributed by atoms with van der Waals surface area (Å²) in [6.45, 7) is 2.58. The van der Waals surface area contributed by atoms with Gasteiger partial charge in [-0.15, -0.1) is 0 Å². The number of sulfonamides is 1. The van der Waals surface area contributed by atoms with E-state index in [0.29, 0.717) is 25.9 Å². The molecule has 0 bridgehead atoms. The summed E-state index contributed by atoms with van der Waals surface area (Å²) in [7, 11) is -1.24. The average molecular weight is 350 g/mol. The van der Waals surface area contributed by atoms with Crippen LogP contribution in [-0.2, 0) is 21.2 Å². The van der Waals surface area contributed by atoms with Crippen molar-refractivity contribution in [3.05, 3.63) is 35.4 Å². The fourth-order valence-corrected chi connectivity index (χ4v) is 5.07. The zero-order valence-corrected chi connectivity index (χ0v) is 15.3. The number of hydrogen-bond acceptors (Lipinski definition) is 3. The maximum absolute atomic E-state index is 12.9. The summed E-state index contributed by atoms with van der Waals surface area (Å²) in [6, 6.07) is 8.50. The lowest BCUT2D eigenvalue weighted by atomic mass is 9.95. The van der Waals surface area contributed by atoms with Crippen molar-refractivity contribution in [2.24, 2.45) is 5.92 Å². The smallest absolute Gasteiger partial charge is 0.226 e. The summed E-state index contributed by atoms with van der Waals surface area (Å²) >= 11 is 0. The molecule has 24 heavy (non-hydrogen) atoms. The zero-order chi connectivity index (χ0) is 17.3. The van der Waals surface area contributed by atoms with E-state index in [9.17, 15) is 13.2 Å². The first-order valence-corrected chi connectivity index (χ1v) is 10.4. The number of rotatable bonds is 4. The molecule has 1 unspecified atom stereocenters. The number of carbonyl (C=O) groups excluding carboxylic acids is 1. The predicted octanol–water partition coefficient (Wildman–Crippen LogP) is 2.19. The summed E-state index contributed by atoms with van der Waals surface area (Å²) < 4.78 is 25.4. The number of aryl methyl sites for hydroxylation is 1. The van der Waals surface area contributed by atoms with E-state index in [4.69, 9.17) is 0 Å². The van der Waals surface area contributed by atoms with Crippen molar-refractivity contribution >= 4 is 15.9 Å². The van der Waals surface area contributed by atoms with Gasteiger partial charge in [-0.25, -0.2) is 12.7 Å². The highest BCUT2D eigenvalue weighted by atomic mass is 32.2. The number of carbonyl (C=O) groups is 1. The molecule has 1 aromatic rings. The Balaban J connectivity index is 1.64. The van der Waals surface area contributed by atoms with Crippen LogP contribution in [0, 0.1) is 5.92 Å². The molecule has 1 atom stereocenters. The van der Waals surface area contributed by atoms with Gasteiger partial charge in [0.1, 0.15) is 0 Å². The predicted molar refractivity (Wildman–Crippen MR) is 94.0 cm³/mol. The molecule has 2 aliphatic rings. The monoisotopic (exact) mass is 350 g/mol. The molecule has 1 heterocycles. The van der Waals surface area contributed by atoms with Gasteiger partial charge in [0.15, 0.2) is 0 Å². The highest BCUT2D eigenvalue weighted by Crippen LogP contribution is 2.36. The summed E-state index contributed by atoms with van der Waals surface area (Å²) in [5.74, 6) is 0.223. The second kappa shape index (κ2) is 6.84. The van der Waals surface area contributed by atoms with E-state index in [1.807, 2.05) is 24.1 Å². The molecule has 3 rings (SSSR count). The van der Waals surface area contributed by atoms with Crippen molar-refractivity contribution < 1.29 is 13.2 Å². The minimum Gasteiger partial charge on any atom is -0.338 e. The molecule has 1 aliphatic carbocycles. The molecule has 0 radical (unpaired) electrons. The molecular formula is C18H26N2O3S. The molecule has 0 aromatic heterocycles. The molecule has 132 valence electrons. The standard InChI is InChI=1S/C18H26N2O3S/c1-3-24(22,23)20-12-10-15(11-13-20)18(21)19(2)17-9-8-14-6-4-5-7-16(14)17/h4-7,15,17H,3,8-13H2,1-2H3. The number of piperidine rings is 1. The van der Waals surface area contributed by atoms with E-state index in [1.54, 1.807) is 6.92 Å². The first-order valence-electron chi connectivity index (χ1n) is 8.76. The quantitative estimate of drug-likeness (QED) is 0.836. The highest BCUT2D eigenvalue weighted by Gasteiger charge is 2.35. The van der Waals surface area contributed by atoms with E-state index >= 15 is 0 Å². The SMILES string of the molecule is CCS(=O)(=O)N1CCC(C(=O)N(C)C2CCc3ccccc32)CC1. The molecule has 1 fully saturated rings. The van der Waals surface area contributed by atoms with Crippen LogP contribution in [0.5, 0.6) is 0 Å². The van der Waals surface area contributed by atoms with Gasteiger partial charge in [0.25, 0.3) is 0 Å². The van der Waals surface area contributed by atoms with Crippen LogP contribution < -0.4 is 0 Å². The van der Waals surface area contributed by atoms with Crippen molar-refractivity contribution in [1.82, 2.24) is 9.21 Å². The fourth-order valence-electron chi connectivity index (χ4n) is 3.94. The van der Waals surface area contributed by atoms with Crippen LogP contribution in [0.4, 0.5) is 0 Å². The molecule has 5 nitrogen and oxygen atoms in total. The van der Waals surface area contributed by atoms with Gasteiger partial charge in [-0.05, 0) is 43.7 Å². The molecule has 1 amide bonds. The Morgan fingerprint density at radius 1 is 1.21 bits per heavy atom. The van der Waals surface area contributed by atoms with Crippen LogP contribution in [-0.4, -0.2) is 49.4 Å². The van der Waals surface area contributed by atoms with E-state index in [1.165, 1.54) is 15.4 Å². The van der Waals surface area contributed by atoms with Gasteiger partial charge < -0.3 is 4.90 Å². The summed E-state index contributed by atoms with van der Waals surface area (Å²) in [6.07, 6.45) is 3.24. The molecule has 0 spiro atoms. The number of benzene rings is 1. The third-order valence-corrected chi connectivity index (χ3v) is 7.36. The lowest BCUT2D eigenvalue weighted by molar-refractivity contribution is -0.137. The largest absolute Gasteiger partial charge is 0.338 e. The third kappa shape index (κ3) is 3.22. The Labute approximate surface area is 144 Å². The minimum atomic E-state index is -3.14. The molecule has 1 aromatic carbocycles. The first kappa shape index (κ1) is 17.4. The maximum atomic E-state index is 12.9. The minimum absolute atomic E-state index is 0.0638. The molecule has 1 aliphatic heterocycles. The average Bonchev–Trinajstić information content (AvgIpc) is 3.04. The van der Waals surface area contributed by atoms with Crippen molar-refractivity contribution in [1.29, 1.82) is 0 Å². The van der Waals surface area contributed by atoms with Crippen molar-refractivity contribution in [3.8, 4) is 0 Å². The second-order valence-corrected chi connectivity index (χ2v) is 9.03. The Bertz CT molecular complexity index is 709. The molecule has 0 saturated carbocycles. The van der Waals surface area contributed by atoms with Gasteiger partial charge in [0.05, 0.1) is 11.8 Å². The Hall–Kier alpha value is -1.40. The van der Waals surface area contributed by atoms with Crippen molar-refractivity contribution in [2.75, 3.05) is 25.9 Å². The van der Waals surface area contributed by atoms with Gasteiger partial charge >= 0.3 is 0 Å². The number of amides is 1. The lowest BCUT2D eigenvalue weighted by Crippen LogP contribution is -2.44. The summed E-state index contributed by atoms with van der Waals surface area (Å²) in [4.78, 5) is 14.8. The van der Waals surface area contributed by atoms with Crippen molar-refractivity contribution in [3.63, 3.8) is 0 Å². The maximum Gasteiger partial charge on any atom is 0.226 e. The number of hydrogen-bond donors (Lipinski definition) is 0. The zero-order valence-electron chi connectivity index (χ0n) is 14.4.